The first kappa shape index (κ1) is 20.8. The molecular weight excluding hydrogens is 374 g/mol. The molecule has 1 heterocycles. The van der Waals surface area contributed by atoms with Gasteiger partial charge in [0.1, 0.15) is 0 Å². The molecule has 1 amide bonds. The van der Waals surface area contributed by atoms with Crippen LogP contribution in [-0.2, 0) is 14.8 Å². The first-order chi connectivity index (χ1) is 13.1. The fraction of sp³-hybridized carbons (Fsp3) is 0.476. The van der Waals surface area contributed by atoms with Gasteiger partial charge in [0.05, 0.1) is 24.5 Å². The number of hydrogen-bond acceptors (Lipinski definition) is 3. The average molecular weight is 405 g/mol. The number of quaternary nitrogens is 1. The zero-order valence-corrected chi connectivity index (χ0v) is 17.7. The van der Waals surface area contributed by atoms with Crippen LogP contribution in [0.15, 0.2) is 47.4 Å². The number of rotatable bonds is 4. The summed E-state index contributed by atoms with van der Waals surface area (Å²) in [4.78, 5) is 13.7. The fourth-order valence-corrected chi connectivity index (χ4v) is 5.12. The molecule has 3 rings (SSSR count). The molecule has 2 aromatic carbocycles. The smallest absolute Gasteiger partial charge is 0.275 e. The van der Waals surface area contributed by atoms with E-state index in [1.54, 1.807) is 16.4 Å². The lowest BCUT2D eigenvalue weighted by Gasteiger charge is -2.23. The predicted molar refractivity (Wildman–Crippen MR) is 111 cm³/mol. The Morgan fingerprint density at radius 2 is 1.79 bits per heavy atom. The van der Waals surface area contributed by atoms with Gasteiger partial charge in [-0.05, 0) is 43.7 Å². The van der Waals surface area contributed by atoms with Crippen molar-refractivity contribution in [1.82, 2.24) is 9.62 Å². The maximum Gasteiger partial charge on any atom is 0.275 e. The van der Waals surface area contributed by atoms with Crippen molar-refractivity contribution >= 4 is 26.7 Å². The maximum atomic E-state index is 13.1. The second-order valence-electron chi connectivity index (χ2n) is 8.49. The number of nitrogens with zero attached hydrogens (tertiary/aromatic N) is 1. The Bertz CT molecular complexity index is 951. The number of fused-ring (bicyclic) bond motifs is 1. The third-order valence-corrected chi connectivity index (χ3v) is 6.83. The van der Waals surface area contributed by atoms with Gasteiger partial charge in [-0.3, -0.25) is 4.79 Å². The molecule has 0 spiro atoms. The van der Waals surface area contributed by atoms with Gasteiger partial charge in [0.2, 0.25) is 10.0 Å². The number of benzene rings is 2. The highest BCUT2D eigenvalue weighted by molar-refractivity contribution is 7.89. The van der Waals surface area contributed by atoms with Crippen molar-refractivity contribution in [2.45, 2.75) is 37.6 Å². The van der Waals surface area contributed by atoms with Crippen molar-refractivity contribution in [3.8, 4) is 0 Å². The summed E-state index contributed by atoms with van der Waals surface area (Å²) in [6.07, 6.45) is 0.741. The van der Waals surface area contributed by atoms with Gasteiger partial charge in [0, 0.05) is 18.5 Å². The van der Waals surface area contributed by atoms with E-state index in [0.717, 1.165) is 28.6 Å². The van der Waals surface area contributed by atoms with E-state index in [-0.39, 0.29) is 11.4 Å². The van der Waals surface area contributed by atoms with Crippen LogP contribution in [0.1, 0.15) is 27.2 Å². The van der Waals surface area contributed by atoms with Gasteiger partial charge in [-0.25, -0.2) is 8.42 Å². The average Bonchev–Trinajstić information content (AvgIpc) is 2.85. The topological polar surface area (TPSA) is 70.9 Å². The maximum absolute atomic E-state index is 13.1. The van der Waals surface area contributed by atoms with E-state index in [2.05, 4.69) is 5.32 Å². The van der Waals surface area contributed by atoms with E-state index in [1.165, 1.54) is 0 Å². The van der Waals surface area contributed by atoms with E-state index < -0.39 is 10.0 Å². The van der Waals surface area contributed by atoms with Crippen LogP contribution in [-0.4, -0.2) is 56.9 Å². The van der Waals surface area contributed by atoms with Crippen LogP contribution in [0.3, 0.4) is 0 Å². The Hall–Kier alpha value is -1.96. The third kappa shape index (κ3) is 5.10. The molecule has 0 aromatic heterocycles. The molecular formula is C21H30N3O3S+. The van der Waals surface area contributed by atoms with Crippen LogP contribution in [0.5, 0.6) is 0 Å². The molecule has 1 aliphatic rings. The lowest BCUT2D eigenvalue weighted by atomic mass is 10.1. The molecule has 0 aliphatic carbocycles. The van der Waals surface area contributed by atoms with Gasteiger partial charge in [-0.15, -0.1) is 0 Å². The highest BCUT2D eigenvalue weighted by atomic mass is 32.2. The summed E-state index contributed by atoms with van der Waals surface area (Å²) in [5.74, 6) is 0.00772. The molecule has 1 atom stereocenters. The molecule has 1 fully saturated rings. The molecule has 28 heavy (non-hydrogen) atoms. The second kappa shape index (κ2) is 8.19. The summed E-state index contributed by atoms with van der Waals surface area (Å²) >= 11 is 0. The minimum atomic E-state index is -3.54. The van der Waals surface area contributed by atoms with E-state index in [4.69, 9.17) is 0 Å². The van der Waals surface area contributed by atoms with Crippen molar-refractivity contribution in [2.75, 3.05) is 32.7 Å². The Balaban J connectivity index is 1.69. The Morgan fingerprint density at radius 1 is 1.07 bits per heavy atom. The van der Waals surface area contributed by atoms with Crippen LogP contribution >= 0.6 is 0 Å². The van der Waals surface area contributed by atoms with E-state index in [9.17, 15) is 13.2 Å². The predicted octanol–water partition coefficient (Wildman–Crippen LogP) is 1.03. The number of amides is 1. The lowest BCUT2D eigenvalue weighted by molar-refractivity contribution is -0.889. The van der Waals surface area contributed by atoms with Gasteiger partial charge in [0.15, 0.2) is 6.54 Å². The highest BCUT2D eigenvalue weighted by Gasteiger charge is 2.29. The molecule has 1 saturated heterocycles. The summed E-state index contributed by atoms with van der Waals surface area (Å²) in [5.41, 5.74) is -0.256. The Morgan fingerprint density at radius 3 is 2.50 bits per heavy atom. The van der Waals surface area contributed by atoms with Gasteiger partial charge in [-0.2, -0.15) is 4.31 Å². The second-order valence-corrected chi connectivity index (χ2v) is 10.4. The highest BCUT2D eigenvalue weighted by Crippen LogP contribution is 2.22. The Labute approximate surface area is 167 Å². The number of nitrogens with one attached hydrogen (secondary N) is 2. The number of carbonyl (C=O) groups is 1. The molecule has 1 aliphatic heterocycles. The van der Waals surface area contributed by atoms with Crippen molar-refractivity contribution in [3.63, 3.8) is 0 Å². The summed E-state index contributed by atoms with van der Waals surface area (Å²) < 4.78 is 27.8. The number of hydrogen-bond donors (Lipinski definition) is 2. The molecule has 0 saturated carbocycles. The van der Waals surface area contributed by atoms with Crippen molar-refractivity contribution in [3.05, 3.63) is 42.5 Å². The third-order valence-electron chi connectivity index (χ3n) is 4.94. The summed E-state index contributed by atoms with van der Waals surface area (Å²) in [6, 6.07) is 13.0. The minimum absolute atomic E-state index is 0.00772. The fourth-order valence-electron chi connectivity index (χ4n) is 3.61. The van der Waals surface area contributed by atoms with Gasteiger partial charge in [-0.1, -0.05) is 30.3 Å². The summed E-state index contributed by atoms with van der Waals surface area (Å²) in [6.45, 7) is 8.58. The molecule has 0 radical (unpaired) electrons. The first-order valence-corrected chi connectivity index (χ1v) is 11.2. The van der Waals surface area contributed by atoms with Crippen molar-refractivity contribution in [1.29, 1.82) is 0 Å². The van der Waals surface area contributed by atoms with E-state index in [0.29, 0.717) is 31.1 Å². The SMILES string of the molecule is CC(C)(C)NC(=O)C[NH+]1CCCN(S(=O)(=O)c2ccc3ccccc3c2)CC1. The lowest BCUT2D eigenvalue weighted by Crippen LogP contribution is -3.13. The van der Waals surface area contributed by atoms with Gasteiger partial charge < -0.3 is 10.2 Å². The van der Waals surface area contributed by atoms with Crippen LogP contribution in [0, 0.1) is 0 Å². The summed E-state index contributed by atoms with van der Waals surface area (Å²) in [5, 5.41) is 4.93. The molecule has 2 N–H and O–H groups in total. The van der Waals surface area contributed by atoms with Crippen molar-refractivity contribution in [2.24, 2.45) is 0 Å². The number of carbonyl (C=O) groups excluding carboxylic acids is 1. The van der Waals surface area contributed by atoms with Gasteiger partial charge >= 0.3 is 0 Å². The minimum Gasteiger partial charge on any atom is -0.347 e. The molecule has 6 nitrogen and oxygen atoms in total. The van der Waals surface area contributed by atoms with Crippen LogP contribution in [0.2, 0.25) is 0 Å². The normalized spacial score (nSPS) is 19.3. The number of sulfonamides is 1. The van der Waals surface area contributed by atoms with Crippen molar-refractivity contribution < 1.29 is 18.1 Å². The summed E-state index contributed by atoms with van der Waals surface area (Å²) in [7, 11) is -3.54. The van der Waals surface area contributed by atoms with Crippen LogP contribution in [0.4, 0.5) is 0 Å². The molecule has 152 valence electrons. The monoisotopic (exact) mass is 404 g/mol. The first-order valence-electron chi connectivity index (χ1n) is 9.79. The van der Waals surface area contributed by atoms with Crippen LogP contribution < -0.4 is 10.2 Å². The molecule has 1 unspecified atom stereocenters. The van der Waals surface area contributed by atoms with Crippen LogP contribution in [0.25, 0.3) is 10.8 Å². The zero-order valence-electron chi connectivity index (χ0n) is 16.9. The quantitative estimate of drug-likeness (QED) is 0.800. The van der Waals surface area contributed by atoms with E-state index in [1.807, 2.05) is 51.1 Å². The molecule has 0 bridgehead atoms. The molecule has 2 aromatic rings. The van der Waals surface area contributed by atoms with Gasteiger partial charge in [0.25, 0.3) is 5.91 Å². The zero-order chi connectivity index (χ0) is 20.4. The molecule has 7 heteroatoms. The standard InChI is InChI=1S/C21H29N3O3S/c1-21(2,3)22-20(25)16-23-11-6-12-24(14-13-23)28(26,27)19-10-9-17-7-4-5-8-18(17)15-19/h4-5,7-10,15H,6,11-14,16H2,1-3H3,(H,22,25)/p+1. The van der Waals surface area contributed by atoms with E-state index >= 15 is 0 Å². The Kier molecular flexibility index (Phi) is 6.07. The largest absolute Gasteiger partial charge is 0.347 e.